The number of rotatable bonds is 6. The van der Waals surface area contributed by atoms with Crippen molar-refractivity contribution in [1.82, 2.24) is 9.55 Å². The molecule has 0 spiro atoms. The van der Waals surface area contributed by atoms with E-state index < -0.39 is 6.10 Å². The largest absolute Gasteiger partial charge is 0.491 e. The first-order chi connectivity index (χ1) is 13.6. The maximum absolute atomic E-state index is 10.7. The molecule has 1 aliphatic carbocycles. The van der Waals surface area contributed by atoms with Gasteiger partial charge in [0.05, 0.1) is 17.6 Å². The fourth-order valence-electron chi connectivity index (χ4n) is 4.37. The minimum Gasteiger partial charge on any atom is -0.491 e. The van der Waals surface area contributed by atoms with E-state index in [4.69, 9.17) is 9.72 Å². The summed E-state index contributed by atoms with van der Waals surface area (Å²) in [6.45, 7) is 4.90. The summed E-state index contributed by atoms with van der Waals surface area (Å²) in [7, 11) is 0. The highest BCUT2D eigenvalue weighted by molar-refractivity contribution is 5.76. The minimum absolute atomic E-state index is 0.278. The van der Waals surface area contributed by atoms with Gasteiger partial charge in [-0.15, -0.1) is 0 Å². The number of para-hydroxylation sites is 2. The normalized spacial score (nSPS) is 16.4. The quantitative estimate of drug-likeness (QED) is 0.646. The van der Waals surface area contributed by atoms with Crippen LogP contribution in [-0.4, -0.2) is 27.4 Å². The lowest BCUT2D eigenvalue weighted by Gasteiger charge is -2.23. The predicted molar refractivity (Wildman–Crippen MR) is 113 cm³/mol. The van der Waals surface area contributed by atoms with Gasteiger partial charge in [0.2, 0.25) is 0 Å². The van der Waals surface area contributed by atoms with Crippen molar-refractivity contribution in [1.29, 1.82) is 0 Å². The van der Waals surface area contributed by atoms with Crippen LogP contribution in [0.1, 0.15) is 55.0 Å². The van der Waals surface area contributed by atoms with Crippen molar-refractivity contribution < 1.29 is 9.84 Å². The Hall–Kier alpha value is -2.33. The van der Waals surface area contributed by atoms with Crippen LogP contribution in [-0.2, 0) is 6.54 Å². The third kappa shape index (κ3) is 4.07. The van der Waals surface area contributed by atoms with Crippen LogP contribution >= 0.6 is 0 Å². The number of aryl methyl sites for hydroxylation is 2. The molecule has 0 amide bonds. The Balaban J connectivity index is 1.52. The first-order valence-corrected chi connectivity index (χ1v) is 10.4. The second-order valence-electron chi connectivity index (χ2n) is 8.14. The van der Waals surface area contributed by atoms with E-state index >= 15 is 0 Å². The summed E-state index contributed by atoms with van der Waals surface area (Å²) < 4.78 is 8.14. The van der Waals surface area contributed by atoms with Gasteiger partial charge in [-0.2, -0.15) is 0 Å². The van der Waals surface area contributed by atoms with Gasteiger partial charge in [0.1, 0.15) is 24.3 Å². The molecule has 1 fully saturated rings. The molecule has 1 saturated carbocycles. The smallest absolute Gasteiger partial charge is 0.122 e. The van der Waals surface area contributed by atoms with Crippen molar-refractivity contribution in [2.75, 3.05) is 6.61 Å². The fraction of sp³-hybridized carbons (Fsp3) is 0.458. The van der Waals surface area contributed by atoms with Crippen LogP contribution in [0.25, 0.3) is 11.0 Å². The van der Waals surface area contributed by atoms with E-state index in [2.05, 4.69) is 29.7 Å². The number of benzene rings is 2. The molecule has 4 rings (SSSR count). The highest BCUT2D eigenvalue weighted by Crippen LogP contribution is 2.34. The van der Waals surface area contributed by atoms with E-state index in [-0.39, 0.29) is 6.61 Å². The maximum Gasteiger partial charge on any atom is 0.122 e. The number of aromatic nitrogens is 2. The lowest BCUT2D eigenvalue weighted by atomic mass is 9.88. The molecule has 4 heteroatoms. The predicted octanol–water partition coefficient (Wildman–Crippen LogP) is 5.14. The number of imidazole rings is 1. The summed E-state index contributed by atoms with van der Waals surface area (Å²) in [5.41, 5.74) is 4.44. The van der Waals surface area contributed by atoms with Gasteiger partial charge in [-0.05, 0) is 50.5 Å². The molecule has 3 aromatic rings. The second kappa shape index (κ2) is 8.36. The monoisotopic (exact) mass is 378 g/mol. The van der Waals surface area contributed by atoms with Gasteiger partial charge in [0.25, 0.3) is 0 Å². The number of aliphatic hydroxyl groups excluding tert-OH is 1. The van der Waals surface area contributed by atoms with Gasteiger partial charge >= 0.3 is 0 Å². The van der Waals surface area contributed by atoms with E-state index in [9.17, 15) is 5.11 Å². The third-order valence-corrected chi connectivity index (χ3v) is 5.81. The molecule has 1 N–H and O–H groups in total. The lowest BCUT2D eigenvalue weighted by Crippen LogP contribution is -2.25. The summed E-state index contributed by atoms with van der Waals surface area (Å²) in [4.78, 5) is 4.94. The number of nitrogens with zero attached hydrogens (tertiary/aromatic N) is 2. The van der Waals surface area contributed by atoms with Crippen molar-refractivity contribution in [2.45, 2.75) is 64.5 Å². The van der Waals surface area contributed by atoms with Gasteiger partial charge < -0.3 is 14.4 Å². The molecule has 148 valence electrons. The van der Waals surface area contributed by atoms with Crippen LogP contribution in [0.4, 0.5) is 0 Å². The van der Waals surface area contributed by atoms with Crippen LogP contribution < -0.4 is 4.74 Å². The average Bonchev–Trinajstić information content (AvgIpc) is 3.06. The van der Waals surface area contributed by atoms with E-state index in [1.165, 1.54) is 37.7 Å². The van der Waals surface area contributed by atoms with Gasteiger partial charge in [-0.3, -0.25) is 0 Å². The zero-order chi connectivity index (χ0) is 19.5. The Labute approximate surface area is 167 Å². The van der Waals surface area contributed by atoms with Crippen LogP contribution in [0.3, 0.4) is 0 Å². The molecule has 1 aliphatic rings. The van der Waals surface area contributed by atoms with Crippen LogP contribution in [0.5, 0.6) is 5.75 Å². The SMILES string of the molecule is Cc1ccc(OC[C@@H](O)Cn2c(C3CCCCC3)nc3ccccc32)c(C)c1. The highest BCUT2D eigenvalue weighted by Gasteiger charge is 2.23. The molecule has 2 aromatic carbocycles. The number of aliphatic hydroxyl groups is 1. The summed E-state index contributed by atoms with van der Waals surface area (Å²) in [5.74, 6) is 2.47. The molecular formula is C24H30N2O2. The molecular weight excluding hydrogens is 348 g/mol. The van der Waals surface area contributed by atoms with Gasteiger partial charge in [-0.1, -0.05) is 49.1 Å². The van der Waals surface area contributed by atoms with Crippen molar-refractivity contribution in [2.24, 2.45) is 0 Å². The molecule has 1 atom stereocenters. The van der Waals surface area contributed by atoms with Gasteiger partial charge in [0, 0.05) is 5.92 Å². The van der Waals surface area contributed by atoms with E-state index in [0.29, 0.717) is 12.5 Å². The first kappa shape index (κ1) is 19.0. The number of ether oxygens (including phenoxy) is 1. The molecule has 0 aliphatic heterocycles. The van der Waals surface area contributed by atoms with Crippen molar-refractivity contribution in [3.8, 4) is 5.75 Å². The van der Waals surface area contributed by atoms with Crippen LogP contribution in [0.15, 0.2) is 42.5 Å². The zero-order valence-corrected chi connectivity index (χ0v) is 16.9. The summed E-state index contributed by atoms with van der Waals surface area (Å²) in [6, 6.07) is 14.4. The minimum atomic E-state index is -0.583. The maximum atomic E-state index is 10.7. The van der Waals surface area contributed by atoms with Crippen LogP contribution in [0, 0.1) is 13.8 Å². The fourth-order valence-corrected chi connectivity index (χ4v) is 4.37. The molecule has 0 bridgehead atoms. The Bertz CT molecular complexity index is 941. The van der Waals surface area contributed by atoms with E-state index in [0.717, 1.165) is 28.2 Å². The number of hydrogen-bond acceptors (Lipinski definition) is 3. The van der Waals surface area contributed by atoms with E-state index in [1.54, 1.807) is 0 Å². The first-order valence-electron chi connectivity index (χ1n) is 10.4. The highest BCUT2D eigenvalue weighted by atomic mass is 16.5. The van der Waals surface area contributed by atoms with Crippen molar-refractivity contribution >= 4 is 11.0 Å². The standard InChI is InChI=1S/C24H30N2O2/c1-17-12-13-23(18(2)14-17)28-16-20(27)15-26-22-11-7-6-10-21(22)25-24(26)19-8-4-3-5-9-19/h6-7,10-14,19-20,27H,3-5,8-9,15-16H2,1-2H3/t20-/m0/s1. The van der Waals surface area contributed by atoms with Gasteiger partial charge in [0.15, 0.2) is 0 Å². The molecule has 28 heavy (non-hydrogen) atoms. The summed E-state index contributed by atoms with van der Waals surface area (Å²) in [6.07, 6.45) is 5.67. The second-order valence-corrected chi connectivity index (χ2v) is 8.14. The van der Waals surface area contributed by atoms with Crippen molar-refractivity contribution in [3.05, 3.63) is 59.4 Å². The summed E-state index contributed by atoms with van der Waals surface area (Å²) >= 11 is 0. The molecule has 1 aromatic heterocycles. The average molecular weight is 379 g/mol. The molecule has 0 unspecified atom stereocenters. The molecule has 1 heterocycles. The topological polar surface area (TPSA) is 47.3 Å². The van der Waals surface area contributed by atoms with Crippen molar-refractivity contribution in [3.63, 3.8) is 0 Å². The van der Waals surface area contributed by atoms with Crippen LogP contribution in [0.2, 0.25) is 0 Å². The summed E-state index contributed by atoms with van der Waals surface area (Å²) in [5, 5.41) is 10.7. The Kier molecular flexibility index (Phi) is 5.67. The lowest BCUT2D eigenvalue weighted by molar-refractivity contribution is 0.0919. The molecule has 0 radical (unpaired) electrons. The molecule has 4 nitrogen and oxygen atoms in total. The Morgan fingerprint density at radius 2 is 1.89 bits per heavy atom. The number of hydrogen-bond donors (Lipinski definition) is 1. The Morgan fingerprint density at radius 1 is 1.11 bits per heavy atom. The number of fused-ring (bicyclic) bond motifs is 1. The van der Waals surface area contributed by atoms with Gasteiger partial charge in [-0.25, -0.2) is 4.98 Å². The Morgan fingerprint density at radius 3 is 2.68 bits per heavy atom. The third-order valence-electron chi connectivity index (χ3n) is 5.81. The molecule has 0 saturated heterocycles. The van der Waals surface area contributed by atoms with E-state index in [1.807, 2.05) is 31.2 Å². The zero-order valence-electron chi connectivity index (χ0n) is 16.9.